The maximum atomic E-state index is 12.5. The van der Waals surface area contributed by atoms with Gasteiger partial charge in [0.15, 0.2) is 0 Å². The highest BCUT2D eigenvalue weighted by Crippen LogP contribution is 2.26. The van der Waals surface area contributed by atoms with Crippen LogP contribution in [0.25, 0.3) is 0 Å². The van der Waals surface area contributed by atoms with Crippen molar-refractivity contribution in [1.29, 1.82) is 0 Å². The molecule has 2 heterocycles. The first-order valence-electron chi connectivity index (χ1n) is 6.44. The number of carbonyl (C=O) groups is 1. The van der Waals surface area contributed by atoms with Gasteiger partial charge < -0.3 is 9.32 Å². The minimum absolute atomic E-state index is 0.0525. The molecule has 0 radical (unpaired) electrons. The zero-order valence-electron chi connectivity index (χ0n) is 11.8. The molecule has 0 aliphatic carbocycles. The summed E-state index contributed by atoms with van der Waals surface area (Å²) in [5.41, 5.74) is 1.26. The smallest absolute Gasteiger partial charge is 0.264 e. The average molecular weight is 277 g/mol. The van der Waals surface area contributed by atoms with Gasteiger partial charge >= 0.3 is 0 Å². The van der Waals surface area contributed by atoms with Crippen LogP contribution in [0.15, 0.2) is 28.9 Å². The van der Waals surface area contributed by atoms with Gasteiger partial charge in [0, 0.05) is 11.9 Å². The van der Waals surface area contributed by atoms with Crippen molar-refractivity contribution in [3.8, 4) is 0 Å². The molecule has 4 heteroatoms. The Bertz CT molecular complexity index is 557. The standard InChI is InChI=1S/C15H19NO2S/c1-5-12-9-14(19-11(12)3)15(17)16(4)10(2)13-7-6-8-18-13/h6-10H,5H2,1-4H3. The molecule has 3 nitrogen and oxygen atoms in total. The molecule has 2 aromatic heterocycles. The van der Waals surface area contributed by atoms with Crippen LogP contribution in [0.1, 0.15) is 45.8 Å². The Balaban J connectivity index is 2.18. The first kappa shape index (κ1) is 13.9. The summed E-state index contributed by atoms with van der Waals surface area (Å²) in [5.74, 6) is 0.858. The van der Waals surface area contributed by atoms with Crippen molar-refractivity contribution in [3.63, 3.8) is 0 Å². The van der Waals surface area contributed by atoms with Crippen molar-refractivity contribution in [3.05, 3.63) is 45.5 Å². The molecular weight excluding hydrogens is 258 g/mol. The Labute approximate surface area is 117 Å². The van der Waals surface area contributed by atoms with Gasteiger partial charge in [-0.25, -0.2) is 0 Å². The first-order chi connectivity index (χ1) is 9.04. The topological polar surface area (TPSA) is 33.5 Å². The Kier molecular flexibility index (Phi) is 4.10. The van der Waals surface area contributed by atoms with E-state index in [9.17, 15) is 4.79 Å². The van der Waals surface area contributed by atoms with Crippen molar-refractivity contribution in [2.75, 3.05) is 7.05 Å². The summed E-state index contributed by atoms with van der Waals surface area (Å²) in [5, 5.41) is 0. The molecule has 1 atom stereocenters. The summed E-state index contributed by atoms with van der Waals surface area (Å²) in [6.45, 7) is 6.15. The summed E-state index contributed by atoms with van der Waals surface area (Å²) in [7, 11) is 1.82. The quantitative estimate of drug-likeness (QED) is 0.845. The Hall–Kier alpha value is -1.55. The SMILES string of the molecule is CCc1cc(C(=O)N(C)C(C)c2ccco2)sc1C. The number of nitrogens with zero attached hydrogens (tertiary/aromatic N) is 1. The highest BCUT2D eigenvalue weighted by Gasteiger charge is 2.22. The molecule has 0 spiro atoms. The number of carbonyl (C=O) groups excluding carboxylic acids is 1. The van der Waals surface area contributed by atoms with E-state index < -0.39 is 0 Å². The molecule has 19 heavy (non-hydrogen) atoms. The second kappa shape index (κ2) is 5.61. The van der Waals surface area contributed by atoms with Gasteiger partial charge in [0.2, 0.25) is 0 Å². The van der Waals surface area contributed by atoms with E-state index in [4.69, 9.17) is 4.42 Å². The molecule has 102 valence electrons. The highest BCUT2D eigenvalue weighted by molar-refractivity contribution is 7.14. The molecule has 0 fully saturated rings. The third-order valence-electron chi connectivity index (χ3n) is 3.47. The summed E-state index contributed by atoms with van der Waals surface area (Å²) in [6, 6.07) is 5.68. The predicted molar refractivity (Wildman–Crippen MR) is 77.7 cm³/mol. The molecule has 0 aromatic carbocycles. The van der Waals surface area contributed by atoms with E-state index >= 15 is 0 Å². The van der Waals surface area contributed by atoms with E-state index in [1.807, 2.05) is 32.2 Å². The average Bonchev–Trinajstić information content (AvgIpc) is 3.05. The molecule has 0 aliphatic rings. The minimum atomic E-state index is -0.0602. The van der Waals surface area contributed by atoms with Crippen LogP contribution in [0.4, 0.5) is 0 Å². The molecule has 2 rings (SSSR count). The second-order valence-electron chi connectivity index (χ2n) is 4.65. The van der Waals surface area contributed by atoms with Crippen LogP contribution in [0.2, 0.25) is 0 Å². The fourth-order valence-corrected chi connectivity index (χ4v) is 3.14. The van der Waals surface area contributed by atoms with Crippen molar-refractivity contribution >= 4 is 17.2 Å². The lowest BCUT2D eigenvalue weighted by molar-refractivity contribution is 0.0731. The summed E-state index contributed by atoms with van der Waals surface area (Å²) < 4.78 is 5.36. The largest absolute Gasteiger partial charge is 0.467 e. The number of hydrogen-bond donors (Lipinski definition) is 0. The molecule has 0 saturated carbocycles. The van der Waals surface area contributed by atoms with Gasteiger partial charge in [-0.3, -0.25) is 4.79 Å². The maximum absolute atomic E-state index is 12.5. The third kappa shape index (κ3) is 2.73. The van der Waals surface area contributed by atoms with E-state index in [1.165, 1.54) is 10.4 Å². The molecule has 1 unspecified atom stereocenters. The maximum Gasteiger partial charge on any atom is 0.264 e. The zero-order chi connectivity index (χ0) is 14.0. The van der Waals surface area contributed by atoms with Gasteiger partial charge in [-0.15, -0.1) is 11.3 Å². The van der Waals surface area contributed by atoms with Crippen LogP contribution in [0.5, 0.6) is 0 Å². The number of aryl methyl sites for hydroxylation is 2. The molecule has 2 aromatic rings. The molecule has 1 amide bonds. The van der Waals surface area contributed by atoms with E-state index in [-0.39, 0.29) is 11.9 Å². The van der Waals surface area contributed by atoms with E-state index in [1.54, 1.807) is 22.5 Å². The van der Waals surface area contributed by atoms with Gasteiger partial charge in [-0.2, -0.15) is 0 Å². The lowest BCUT2D eigenvalue weighted by Crippen LogP contribution is -2.28. The third-order valence-corrected chi connectivity index (χ3v) is 4.55. The van der Waals surface area contributed by atoms with E-state index in [0.717, 1.165) is 17.1 Å². The van der Waals surface area contributed by atoms with Crippen molar-refractivity contribution in [2.45, 2.75) is 33.2 Å². The lowest BCUT2D eigenvalue weighted by Gasteiger charge is -2.22. The number of furan rings is 1. The fourth-order valence-electron chi connectivity index (χ4n) is 2.05. The van der Waals surface area contributed by atoms with Crippen LogP contribution in [0, 0.1) is 6.92 Å². The van der Waals surface area contributed by atoms with Crippen LogP contribution in [-0.4, -0.2) is 17.9 Å². The minimum Gasteiger partial charge on any atom is -0.467 e. The number of hydrogen-bond acceptors (Lipinski definition) is 3. The molecular formula is C15H19NO2S. The second-order valence-corrected chi connectivity index (χ2v) is 5.91. The summed E-state index contributed by atoms with van der Waals surface area (Å²) >= 11 is 1.57. The molecule has 0 saturated heterocycles. The number of thiophene rings is 1. The van der Waals surface area contributed by atoms with Gasteiger partial charge in [0.05, 0.1) is 17.2 Å². The van der Waals surface area contributed by atoms with Gasteiger partial charge in [-0.1, -0.05) is 6.92 Å². The van der Waals surface area contributed by atoms with Crippen LogP contribution in [0.3, 0.4) is 0 Å². The number of rotatable bonds is 4. The van der Waals surface area contributed by atoms with Crippen LogP contribution < -0.4 is 0 Å². The van der Waals surface area contributed by atoms with Crippen molar-refractivity contribution in [1.82, 2.24) is 4.90 Å². The Morgan fingerprint density at radius 3 is 2.79 bits per heavy atom. The number of amides is 1. The highest BCUT2D eigenvalue weighted by atomic mass is 32.1. The van der Waals surface area contributed by atoms with Crippen molar-refractivity contribution < 1.29 is 9.21 Å². The van der Waals surface area contributed by atoms with Gasteiger partial charge in [0.1, 0.15) is 5.76 Å². The first-order valence-corrected chi connectivity index (χ1v) is 7.26. The van der Waals surface area contributed by atoms with Crippen LogP contribution >= 0.6 is 11.3 Å². The zero-order valence-corrected chi connectivity index (χ0v) is 12.6. The monoisotopic (exact) mass is 277 g/mol. The van der Waals surface area contributed by atoms with E-state index in [2.05, 4.69) is 13.8 Å². The normalized spacial score (nSPS) is 12.4. The Morgan fingerprint density at radius 2 is 2.26 bits per heavy atom. The lowest BCUT2D eigenvalue weighted by atomic mass is 10.2. The van der Waals surface area contributed by atoms with Crippen molar-refractivity contribution in [2.24, 2.45) is 0 Å². The fraction of sp³-hybridized carbons (Fsp3) is 0.400. The van der Waals surface area contributed by atoms with E-state index in [0.29, 0.717) is 0 Å². The Morgan fingerprint density at radius 1 is 1.53 bits per heavy atom. The van der Waals surface area contributed by atoms with Gasteiger partial charge in [0.25, 0.3) is 5.91 Å². The predicted octanol–water partition coefficient (Wildman–Crippen LogP) is 4.05. The molecule has 0 bridgehead atoms. The molecule has 0 aliphatic heterocycles. The summed E-state index contributed by atoms with van der Waals surface area (Å²) in [6.07, 6.45) is 2.60. The summed E-state index contributed by atoms with van der Waals surface area (Å²) in [4.78, 5) is 16.2. The van der Waals surface area contributed by atoms with Gasteiger partial charge in [-0.05, 0) is 44.0 Å². The molecule has 0 N–H and O–H groups in total. The van der Waals surface area contributed by atoms with Crippen LogP contribution in [-0.2, 0) is 6.42 Å².